The van der Waals surface area contributed by atoms with Crippen molar-refractivity contribution in [3.05, 3.63) is 28.3 Å². The molecule has 0 aliphatic carbocycles. The summed E-state index contributed by atoms with van der Waals surface area (Å²) in [5.74, 6) is 0.705. The van der Waals surface area contributed by atoms with Gasteiger partial charge in [-0.05, 0) is 18.6 Å². The van der Waals surface area contributed by atoms with Gasteiger partial charge in [0.2, 0.25) is 0 Å². The molecule has 4 heteroatoms. The first-order valence-corrected chi connectivity index (χ1v) is 5.77. The standard InChI is InChI=1S/C12H16ClNO2/c1-8-3-4-9(15-2)12(13)11(8)10-7-14-5-6-16-10/h3-4,10,14H,5-7H2,1-2H3. The number of methoxy groups -OCH3 is 1. The molecule has 16 heavy (non-hydrogen) atoms. The Morgan fingerprint density at radius 3 is 2.94 bits per heavy atom. The lowest BCUT2D eigenvalue weighted by Crippen LogP contribution is -2.33. The highest BCUT2D eigenvalue weighted by molar-refractivity contribution is 6.33. The van der Waals surface area contributed by atoms with Crippen molar-refractivity contribution in [1.29, 1.82) is 0 Å². The summed E-state index contributed by atoms with van der Waals surface area (Å²) in [6.07, 6.45) is 0.0244. The first kappa shape index (κ1) is 11.7. The highest BCUT2D eigenvalue weighted by Gasteiger charge is 2.22. The zero-order valence-electron chi connectivity index (χ0n) is 9.55. The maximum atomic E-state index is 6.31. The van der Waals surface area contributed by atoms with Gasteiger partial charge in [-0.15, -0.1) is 0 Å². The first-order valence-electron chi connectivity index (χ1n) is 5.39. The molecule has 0 amide bonds. The van der Waals surface area contributed by atoms with Crippen molar-refractivity contribution in [1.82, 2.24) is 5.32 Å². The van der Waals surface area contributed by atoms with Gasteiger partial charge in [-0.1, -0.05) is 17.7 Å². The van der Waals surface area contributed by atoms with Crippen molar-refractivity contribution >= 4 is 11.6 Å². The molecule has 1 fully saturated rings. The number of morpholine rings is 1. The molecule has 1 heterocycles. The molecule has 1 aliphatic rings. The van der Waals surface area contributed by atoms with Crippen LogP contribution in [-0.2, 0) is 4.74 Å². The lowest BCUT2D eigenvalue weighted by molar-refractivity contribution is 0.0273. The van der Waals surface area contributed by atoms with Crippen molar-refractivity contribution in [2.75, 3.05) is 26.8 Å². The quantitative estimate of drug-likeness (QED) is 0.862. The molecule has 88 valence electrons. The van der Waals surface area contributed by atoms with Gasteiger partial charge < -0.3 is 14.8 Å². The molecule has 0 aromatic heterocycles. The average molecular weight is 242 g/mol. The van der Waals surface area contributed by atoms with Crippen molar-refractivity contribution in [2.45, 2.75) is 13.0 Å². The molecular formula is C12H16ClNO2. The first-order chi connectivity index (χ1) is 7.74. The fourth-order valence-electron chi connectivity index (χ4n) is 1.97. The lowest BCUT2D eigenvalue weighted by Gasteiger charge is -2.26. The molecule has 0 saturated carbocycles. The Kier molecular flexibility index (Phi) is 3.69. The third kappa shape index (κ3) is 2.17. The van der Waals surface area contributed by atoms with E-state index in [-0.39, 0.29) is 6.10 Å². The minimum absolute atomic E-state index is 0.0244. The summed E-state index contributed by atoms with van der Waals surface area (Å²) < 4.78 is 10.9. The van der Waals surface area contributed by atoms with Crippen molar-refractivity contribution < 1.29 is 9.47 Å². The molecule has 1 aromatic rings. The van der Waals surface area contributed by atoms with E-state index in [0.717, 1.165) is 30.8 Å². The van der Waals surface area contributed by atoms with E-state index in [1.807, 2.05) is 19.1 Å². The third-order valence-electron chi connectivity index (χ3n) is 2.83. The number of hydrogen-bond acceptors (Lipinski definition) is 3. The topological polar surface area (TPSA) is 30.5 Å². The van der Waals surface area contributed by atoms with Gasteiger partial charge in [0.15, 0.2) is 0 Å². The van der Waals surface area contributed by atoms with Gasteiger partial charge in [0, 0.05) is 18.7 Å². The number of rotatable bonds is 2. The largest absolute Gasteiger partial charge is 0.495 e. The van der Waals surface area contributed by atoms with Crippen molar-refractivity contribution in [3.8, 4) is 5.75 Å². The summed E-state index contributed by atoms with van der Waals surface area (Å²) >= 11 is 6.31. The summed E-state index contributed by atoms with van der Waals surface area (Å²) in [6.45, 7) is 4.46. The molecule has 1 aromatic carbocycles. The van der Waals surface area contributed by atoms with Gasteiger partial charge in [-0.2, -0.15) is 0 Å². The number of aryl methyl sites for hydroxylation is 1. The second-order valence-electron chi connectivity index (χ2n) is 3.88. The van der Waals surface area contributed by atoms with Crippen LogP contribution < -0.4 is 10.1 Å². The van der Waals surface area contributed by atoms with Crippen LogP contribution in [0.15, 0.2) is 12.1 Å². The summed E-state index contributed by atoms with van der Waals surface area (Å²) in [7, 11) is 1.63. The number of ether oxygens (including phenoxy) is 2. The SMILES string of the molecule is COc1ccc(C)c(C2CNCCO2)c1Cl. The average Bonchev–Trinajstić information content (AvgIpc) is 2.31. The van der Waals surface area contributed by atoms with E-state index in [1.54, 1.807) is 7.11 Å². The second kappa shape index (κ2) is 5.04. The molecule has 1 saturated heterocycles. The smallest absolute Gasteiger partial charge is 0.137 e. The van der Waals surface area contributed by atoms with Crippen LogP contribution in [0.4, 0.5) is 0 Å². The molecule has 2 rings (SSSR count). The van der Waals surface area contributed by atoms with Gasteiger partial charge >= 0.3 is 0 Å². The van der Waals surface area contributed by atoms with Gasteiger partial charge in [0.05, 0.1) is 24.8 Å². The van der Waals surface area contributed by atoms with Crippen LogP contribution in [0.1, 0.15) is 17.2 Å². The lowest BCUT2D eigenvalue weighted by atomic mass is 10.0. The molecule has 0 radical (unpaired) electrons. The Morgan fingerprint density at radius 1 is 1.50 bits per heavy atom. The second-order valence-corrected chi connectivity index (χ2v) is 4.25. The van der Waals surface area contributed by atoms with E-state index in [1.165, 1.54) is 0 Å². The van der Waals surface area contributed by atoms with Crippen LogP contribution in [0.25, 0.3) is 0 Å². The van der Waals surface area contributed by atoms with Gasteiger partial charge in [0.1, 0.15) is 5.75 Å². The normalized spacial score (nSPS) is 20.8. The molecule has 1 N–H and O–H groups in total. The summed E-state index contributed by atoms with van der Waals surface area (Å²) in [4.78, 5) is 0. The minimum atomic E-state index is 0.0244. The van der Waals surface area contributed by atoms with Gasteiger partial charge in [-0.25, -0.2) is 0 Å². The van der Waals surface area contributed by atoms with E-state index in [4.69, 9.17) is 21.1 Å². The Bertz CT molecular complexity index is 376. The predicted octanol–water partition coefficient (Wildman–Crippen LogP) is 2.32. The molecule has 0 bridgehead atoms. The van der Waals surface area contributed by atoms with E-state index in [2.05, 4.69) is 5.32 Å². The number of benzene rings is 1. The van der Waals surface area contributed by atoms with E-state index >= 15 is 0 Å². The zero-order valence-corrected chi connectivity index (χ0v) is 10.3. The Balaban J connectivity index is 2.37. The number of hydrogen-bond donors (Lipinski definition) is 1. The Labute approximate surface area is 101 Å². The van der Waals surface area contributed by atoms with Crippen LogP contribution in [-0.4, -0.2) is 26.8 Å². The third-order valence-corrected chi connectivity index (χ3v) is 3.22. The summed E-state index contributed by atoms with van der Waals surface area (Å²) in [5.41, 5.74) is 2.17. The molecule has 1 unspecified atom stereocenters. The number of nitrogens with one attached hydrogen (secondary N) is 1. The molecule has 0 spiro atoms. The number of halogens is 1. The molecule has 1 aliphatic heterocycles. The Hall–Kier alpha value is -0.770. The van der Waals surface area contributed by atoms with E-state index in [9.17, 15) is 0 Å². The van der Waals surface area contributed by atoms with E-state index in [0.29, 0.717) is 10.8 Å². The van der Waals surface area contributed by atoms with Crippen LogP contribution in [0, 0.1) is 6.92 Å². The zero-order chi connectivity index (χ0) is 11.5. The fraction of sp³-hybridized carbons (Fsp3) is 0.500. The molecular weight excluding hydrogens is 226 g/mol. The fourth-order valence-corrected chi connectivity index (χ4v) is 2.38. The van der Waals surface area contributed by atoms with Gasteiger partial charge in [-0.3, -0.25) is 0 Å². The predicted molar refractivity (Wildman–Crippen MR) is 64.3 cm³/mol. The van der Waals surface area contributed by atoms with Crippen molar-refractivity contribution in [2.24, 2.45) is 0 Å². The van der Waals surface area contributed by atoms with E-state index < -0.39 is 0 Å². The van der Waals surface area contributed by atoms with Crippen LogP contribution in [0.5, 0.6) is 5.75 Å². The molecule has 3 nitrogen and oxygen atoms in total. The van der Waals surface area contributed by atoms with Crippen LogP contribution in [0.3, 0.4) is 0 Å². The summed E-state index contributed by atoms with van der Waals surface area (Å²) in [5, 5.41) is 3.96. The summed E-state index contributed by atoms with van der Waals surface area (Å²) in [6, 6.07) is 3.90. The Morgan fingerprint density at radius 2 is 2.31 bits per heavy atom. The highest BCUT2D eigenvalue weighted by Crippen LogP contribution is 2.36. The van der Waals surface area contributed by atoms with Crippen molar-refractivity contribution in [3.63, 3.8) is 0 Å². The molecule has 1 atom stereocenters. The van der Waals surface area contributed by atoms with Crippen LogP contribution >= 0.6 is 11.6 Å². The maximum absolute atomic E-state index is 6.31. The highest BCUT2D eigenvalue weighted by atomic mass is 35.5. The minimum Gasteiger partial charge on any atom is -0.495 e. The van der Waals surface area contributed by atoms with Gasteiger partial charge in [0.25, 0.3) is 0 Å². The van der Waals surface area contributed by atoms with Crippen LogP contribution in [0.2, 0.25) is 5.02 Å². The maximum Gasteiger partial charge on any atom is 0.137 e. The monoisotopic (exact) mass is 241 g/mol.